The van der Waals surface area contributed by atoms with Crippen molar-refractivity contribution in [2.75, 3.05) is 31.1 Å². The van der Waals surface area contributed by atoms with Gasteiger partial charge in [-0.25, -0.2) is 12.8 Å². The standard InChI is InChI=1S/C26H31FN4O3S/c1-20-8-11-25(21-6-3-2-4-7-21)35(33,34)31(20)19-22-9-10-23(18-24(22)27)29-14-5-15-30(17-16-29)26(32)12-13-28/h2-4,6-7,9-10,18,20,25H,5,8,11-12,14-17,19H2,1H3. The molecule has 1 amide bonds. The lowest BCUT2D eigenvalue weighted by molar-refractivity contribution is -0.129. The molecular weight excluding hydrogens is 467 g/mol. The highest BCUT2D eigenvalue weighted by Gasteiger charge is 2.40. The van der Waals surface area contributed by atoms with Gasteiger partial charge in [0.25, 0.3) is 0 Å². The fourth-order valence-corrected chi connectivity index (χ4v) is 7.17. The predicted molar refractivity (Wildman–Crippen MR) is 132 cm³/mol. The van der Waals surface area contributed by atoms with Gasteiger partial charge in [-0.05, 0) is 43.9 Å². The van der Waals surface area contributed by atoms with E-state index in [4.69, 9.17) is 5.26 Å². The Morgan fingerprint density at radius 3 is 2.57 bits per heavy atom. The molecular formula is C26H31FN4O3S. The minimum atomic E-state index is -3.64. The predicted octanol–water partition coefficient (Wildman–Crippen LogP) is 3.83. The molecule has 35 heavy (non-hydrogen) atoms. The van der Waals surface area contributed by atoms with Crippen LogP contribution < -0.4 is 4.90 Å². The highest BCUT2D eigenvalue weighted by molar-refractivity contribution is 7.89. The maximum absolute atomic E-state index is 15.2. The molecule has 2 aromatic rings. The lowest BCUT2D eigenvalue weighted by atomic mass is 10.0. The third kappa shape index (κ3) is 5.49. The molecule has 186 valence electrons. The molecule has 9 heteroatoms. The zero-order valence-corrected chi connectivity index (χ0v) is 20.8. The molecule has 0 N–H and O–H groups in total. The molecule has 4 rings (SSSR count). The number of sulfonamides is 1. The van der Waals surface area contributed by atoms with Gasteiger partial charge in [0.2, 0.25) is 15.9 Å². The fraction of sp³-hybridized carbons (Fsp3) is 0.462. The van der Waals surface area contributed by atoms with Crippen LogP contribution in [0.25, 0.3) is 0 Å². The first-order valence-corrected chi connectivity index (χ1v) is 13.5. The summed E-state index contributed by atoms with van der Waals surface area (Å²) in [7, 11) is -3.64. The number of anilines is 1. The lowest BCUT2D eigenvalue weighted by Gasteiger charge is -2.37. The van der Waals surface area contributed by atoms with Crippen LogP contribution in [0.2, 0.25) is 0 Å². The van der Waals surface area contributed by atoms with Gasteiger partial charge in [-0.1, -0.05) is 36.4 Å². The second kappa shape index (κ2) is 10.8. The van der Waals surface area contributed by atoms with E-state index in [1.165, 1.54) is 10.4 Å². The molecule has 0 aromatic heterocycles. The molecule has 2 aromatic carbocycles. The van der Waals surface area contributed by atoms with Crippen molar-refractivity contribution in [2.24, 2.45) is 0 Å². The SMILES string of the molecule is CC1CCC(c2ccccc2)S(=O)(=O)N1Cc1ccc(N2CCCN(C(=O)CC#N)CC2)cc1F. The largest absolute Gasteiger partial charge is 0.370 e. The van der Waals surface area contributed by atoms with E-state index in [0.717, 1.165) is 12.0 Å². The van der Waals surface area contributed by atoms with Gasteiger partial charge in [0.15, 0.2) is 0 Å². The van der Waals surface area contributed by atoms with Crippen LogP contribution in [-0.2, 0) is 21.4 Å². The Kier molecular flexibility index (Phi) is 7.72. The molecule has 0 radical (unpaired) electrons. The summed E-state index contributed by atoms with van der Waals surface area (Å²) in [6.45, 7) is 4.15. The number of hydrogen-bond acceptors (Lipinski definition) is 5. The summed E-state index contributed by atoms with van der Waals surface area (Å²) in [5.74, 6) is -0.616. The van der Waals surface area contributed by atoms with Crippen LogP contribution in [0, 0.1) is 17.1 Å². The smallest absolute Gasteiger partial charge is 0.236 e. The van der Waals surface area contributed by atoms with Crippen LogP contribution in [0.1, 0.15) is 49.0 Å². The van der Waals surface area contributed by atoms with Crippen LogP contribution in [0.15, 0.2) is 48.5 Å². The van der Waals surface area contributed by atoms with E-state index in [2.05, 4.69) is 0 Å². The minimum Gasteiger partial charge on any atom is -0.370 e. The van der Waals surface area contributed by atoms with Crippen molar-refractivity contribution < 1.29 is 17.6 Å². The third-order valence-corrected chi connectivity index (χ3v) is 9.37. The molecule has 2 atom stereocenters. The summed E-state index contributed by atoms with van der Waals surface area (Å²) >= 11 is 0. The molecule has 2 unspecified atom stereocenters. The van der Waals surface area contributed by atoms with Crippen LogP contribution in [-0.4, -0.2) is 55.8 Å². The first-order chi connectivity index (χ1) is 16.8. The van der Waals surface area contributed by atoms with E-state index in [0.29, 0.717) is 50.3 Å². The average molecular weight is 499 g/mol. The molecule has 2 aliphatic rings. The first kappa shape index (κ1) is 25.1. The topological polar surface area (TPSA) is 84.7 Å². The number of rotatable bonds is 5. The molecule has 0 saturated carbocycles. The summed E-state index contributed by atoms with van der Waals surface area (Å²) < 4.78 is 43.6. The summed E-state index contributed by atoms with van der Waals surface area (Å²) in [5, 5.41) is 8.15. The molecule has 7 nitrogen and oxygen atoms in total. The number of amides is 1. The molecule has 2 fully saturated rings. The van der Waals surface area contributed by atoms with Gasteiger partial charge in [0, 0.05) is 50.0 Å². The number of benzene rings is 2. The van der Waals surface area contributed by atoms with E-state index in [1.807, 2.05) is 54.3 Å². The quantitative estimate of drug-likeness (QED) is 0.626. The van der Waals surface area contributed by atoms with Crippen molar-refractivity contribution in [3.63, 3.8) is 0 Å². The second-order valence-corrected chi connectivity index (χ2v) is 11.3. The summed E-state index contributed by atoms with van der Waals surface area (Å²) in [6, 6.07) is 15.8. The first-order valence-electron chi connectivity index (χ1n) is 12.0. The normalized spacial score (nSPS) is 22.9. The van der Waals surface area contributed by atoms with E-state index >= 15 is 4.39 Å². The number of carbonyl (C=O) groups is 1. The molecule has 2 aliphatic heterocycles. The van der Waals surface area contributed by atoms with Crippen molar-refractivity contribution in [2.45, 2.75) is 50.4 Å². The molecule has 0 bridgehead atoms. The van der Waals surface area contributed by atoms with Gasteiger partial charge in [0.1, 0.15) is 17.5 Å². The van der Waals surface area contributed by atoms with Crippen molar-refractivity contribution in [3.05, 3.63) is 65.5 Å². The zero-order chi connectivity index (χ0) is 25.0. The van der Waals surface area contributed by atoms with Gasteiger partial charge in [-0.3, -0.25) is 4.79 Å². The van der Waals surface area contributed by atoms with E-state index in [-0.39, 0.29) is 24.9 Å². The Morgan fingerprint density at radius 1 is 1.09 bits per heavy atom. The summed E-state index contributed by atoms with van der Waals surface area (Å²) in [6.07, 6.45) is 1.86. The molecule has 0 spiro atoms. The number of halogens is 1. The number of nitrogens with zero attached hydrogens (tertiary/aromatic N) is 4. The van der Waals surface area contributed by atoms with Gasteiger partial charge in [-0.2, -0.15) is 9.57 Å². The van der Waals surface area contributed by atoms with Crippen LogP contribution in [0.3, 0.4) is 0 Å². The minimum absolute atomic E-state index is 0.00458. The van der Waals surface area contributed by atoms with Crippen molar-refractivity contribution in [1.82, 2.24) is 9.21 Å². The van der Waals surface area contributed by atoms with Gasteiger partial charge in [0.05, 0.1) is 6.07 Å². The van der Waals surface area contributed by atoms with E-state index < -0.39 is 21.1 Å². The Hall–Kier alpha value is -2.96. The Balaban J connectivity index is 1.49. The van der Waals surface area contributed by atoms with Gasteiger partial charge >= 0.3 is 0 Å². The van der Waals surface area contributed by atoms with Crippen LogP contribution in [0.4, 0.5) is 10.1 Å². The Morgan fingerprint density at radius 2 is 1.86 bits per heavy atom. The third-order valence-electron chi connectivity index (χ3n) is 7.00. The molecule has 2 heterocycles. The van der Waals surface area contributed by atoms with Crippen LogP contribution in [0.5, 0.6) is 0 Å². The van der Waals surface area contributed by atoms with Crippen LogP contribution >= 0.6 is 0 Å². The number of nitriles is 1. The monoisotopic (exact) mass is 498 g/mol. The van der Waals surface area contributed by atoms with E-state index in [9.17, 15) is 13.2 Å². The molecule has 0 aliphatic carbocycles. The zero-order valence-electron chi connectivity index (χ0n) is 19.9. The number of hydrogen-bond donors (Lipinski definition) is 0. The highest BCUT2D eigenvalue weighted by atomic mass is 32.2. The van der Waals surface area contributed by atoms with Gasteiger partial charge < -0.3 is 9.80 Å². The van der Waals surface area contributed by atoms with Crippen molar-refractivity contribution in [1.29, 1.82) is 5.26 Å². The van der Waals surface area contributed by atoms with Crippen molar-refractivity contribution >= 4 is 21.6 Å². The van der Waals surface area contributed by atoms with Crippen molar-refractivity contribution in [3.8, 4) is 6.07 Å². The molecule has 2 saturated heterocycles. The fourth-order valence-electron chi connectivity index (χ4n) is 4.99. The average Bonchev–Trinajstić information content (AvgIpc) is 3.10. The lowest BCUT2D eigenvalue weighted by Crippen LogP contribution is -2.44. The van der Waals surface area contributed by atoms with Gasteiger partial charge in [-0.15, -0.1) is 0 Å². The van der Waals surface area contributed by atoms with E-state index in [1.54, 1.807) is 11.0 Å². The maximum Gasteiger partial charge on any atom is 0.236 e. The maximum atomic E-state index is 15.2. The second-order valence-electron chi connectivity index (χ2n) is 9.25. The Labute approximate surface area is 206 Å². The highest BCUT2D eigenvalue weighted by Crippen LogP contribution is 2.38. The summed E-state index contributed by atoms with van der Waals surface area (Å²) in [4.78, 5) is 15.8. The Bertz CT molecular complexity index is 1200. The number of carbonyl (C=O) groups excluding carboxylic acids is 1. The summed E-state index contributed by atoms with van der Waals surface area (Å²) in [5.41, 5.74) is 1.82.